The van der Waals surface area contributed by atoms with Crippen molar-refractivity contribution in [3.05, 3.63) is 93.0 Å². The third-order valence-electron chi connectivity index (χ3n) is 6.15. The number of hydrogen-bond donors (Lipinski definition) is 0. The lowest BCUT2D eigenvalue weighted by atomic mass is 10.1. The summed E-state index contributed by atoms with van der Waals surface area (Å²) in [6, 6.07) is 13.5. The normalized spacial score (nSPS) is 14.9. The van der Waals surface area contributed by atoms with Gasteiger partial charge in [-0.25, -0.2) is 13.2 Å². The number of aryl methyl sites for hydroxylation is 2. The van der Waals surface area contributed by atoms with E-state index >= 15 is 0 Å². The summed E-state index contributed by atoms with van der Waals surface area (Å²) in [6.07, 6.45) is 1.32. The summed E-state index contributed by atoms with van der Waals surface area (Å²) >= 11 is 0. The van der Waals surface area contributed by atoms with E-state index in [2.05, 4.69) is 6.07 Å². The Labute approximate surface area is 216 Å². The monoisotopic (exact) mass is 526 g/mol. The lowest BCUT2D eigenvalue weighted by molar-refractivity contribution is 0.0596. The molecule has 37 heavy (non-hydrogen) atoms. The van der Waals surface area contributed by atoms with Crippen LogP contribution < -0.4 is 10.2 Å². The Bertz CT molecular complexity index is 1420. The van der Waals surface area contributed by atoms with Gasteiger partial charge in [0.15, 0.2) is 0 Å². The Morgan fingerprint density at radius 2 is 1.68 bits per heavy atom. The van der Waals surface area contributed by atoms with Crippen molar-refractivity contribution in [1.29, 1.82) is 0 Å². The molecule has 1 aliphatic rings. The van der Waals surface area contributed by atoms with Gasteiger partial charge in [-0.05, 0) is 31.5 Å². The molecule has 0 unspecified atom stereocenters. The first-order valence-corrected chi connectivity index (χ1v) is 13.3. The van der Waals surface area contributed by atoms with E-state index < -0.39 is 16.0 Å². The number of piperazine rings is 1. The second kappa shape index (κ2) is 11.3. The van der Waals surface area contributed by atoms with E-state index in [0.29, 0.717) is 25.4 Å². The summed E-state index contributed by atoms with van der Waals surface area (Å²) < 4.78 is 43.8. The van der Waals surface area contributed by atoms with Crippen LogP contribution in [0.2, 0.25) is 0 Å². The number of benzene rings is 2. The van der Waals surface area contributed by atoms with Crippen LogP contribution in [0.5, 0.6) is 5.75 Å². The van der Waals surface area contributed by atoms with Gasteiger partial charge >= 0.3 is 5.97 Å². The van der Waals surface area contributed by atoms with Crippen LogP contribution >= 0.6 is 0 Å². The molecule has 0 spiro atoms. The largest absolute Gasteiger partial charge is 0.482 e. The summed E-state index contributed by atoms with van der Waals surface area (Å²) in [4.78, 5) is 26.5. The number of carbonyl (C=O) groups is 1. The van der Waals surface area contributed by atoms with E-state index in [1.54, 1.807) is 12.1 Å². The van der Waals surface area contributed by atoms with Crippen molar-refractivity contribution in [3.63, 3.8) is 0 Å². The van der Waals surface area contributed by atoms with E-state index in [4.69, 9.17) is 13.9 Å². The Hall–Kier alpha value is -3.47. The van der Waals surface area contributed by atoms with Crippen LogP contribution in [0.1, 0.15) is 32.8 Å². The summed E-state index contributed by atoms with van der Waals surface area (Å²) in [5.41, 5.74) is 2.96. The Balaban J connectivity index is 1.36. The standard InChI is InChI=1S/C27H30N2O7S/c1-19-12-20(2)14-21(13-19)17-36-25-18-35-22(15-24(25)30)16-28-8-10-29(11-9-28)37(32,33)26-7-5-4-6-23(26)27(31)34-3/h4-7,12-15,18H,8-11,16-17H2,1-3H3. The minimum Gasteiger partial charge on any atom is -0.482 e. The van der Waals surface area contributed by atoms with Crippen molar-refractivity contribution in [3.8, 4) is 5.75 Å². The van der Waals surface area contributed by atoms with E-state index in [1.807, 2.05) is 30.9 Å². The molecule has 0 N–H and O–H groups in total. The first-order valence-electron chi connectivity index (χ1n) is 11.9. The zero-order valence-electron chi connectivity index (χ0n) is 21.1. The first-order chi connectivity index (χ1) is 17.7. The zero-order chi connectivity index (χ0) is 26.6. The predicted octanol–water partition coefficient (Wildman–Crippen LogP) is 3.13. The van der Waals surface area contributed by atoms with E-state index in [1.165, 1.54) is 35.9 Å². The number of esters is 1. The fraction of sp³-hybridized carbons (Fsp3) is 0.333. The minimum absolute atomic E-state index is 0.00838. The van der Waals surface area contributed by atoms with Gasteiger partial charge < -0.3 is 13.9 Å². The highest BCUT2D eigenvalue weighted by Gasteiger charge is 2.32. The summed E-state index contributed by atoms with van der Waals surface area (Å²) in [5.74, 6) is -0.0894. The molecule has 1 aromatic heterocycles. The maximum Gasteiger partial charge on any atom is 0.339 e. The van der Waals surface area contributed by atoms with Gasteiger partial charge in [-0.1, -0.05) is 41.5 Å². The highest BCUT2D eigenvalue weighted by Crippen LogP contribution is 2.23. The topological polar surface area (TPSA) is 106 Å². The molecule has 1 saturated heterocycles. The van der Waals surface area contributed by atoms with Gasteiger partial charge in [0.1, 0.15) is 18.6 Å². The van der Waals surface area contributed by atoms with Crippen LogP contribution in [0.3, 0.4) is 0 Å². The summed E-state index contributed by atoms with van der Waals surface area (Å²) in [6.45, 7) is 5.99. The molecular weight excluding hydrogens is 496 g/mol. The molecule has 196 valence electrons. The highest BCUT2D eigenvalue weighted by atomic mass is 32.2. The van der Waals surface area contributed by atoms with Gasteiger partial charge in [-0.15, -0.1) is 0 Å². The fourth-order valence-electron chi connectivity index (χ4n) is 4.40. The molecule has 0 atom stereocenters. The van der Waals surface area contributed by atoms with Gasteiger partial charge in [-0.3, -0.25) is 9.69 Å². The molecule has 2 aromatic carbocycles. The first kappa shape index (κ1) is 26.6. The number of nitrogens with zero attached hydrogens (tertiary/aromatic N) is 2. The number of carbonyl (C=O) groups excluding carboxylic acids is 1. The lowest BCUT2D eigenvalue weighted by Crippen LogP contribution is -2.48. The maximum atomic E-state index is 13.2. The number of rotatable bonds is 8. The Kier molecular flexibility index (Phi) is 8.11. The van der Waals surface area contributed by atoms with Crippen LogP contribution in [0.25, 0.3) is 0 Å². The van der Waals surface area contributed by atoms with Crippen molar-refractivity contribution in [1.82, 2.24) is 9.21 Å². The molecule has 1 fully saturated rings. The molecule has 1 aliphatic heterocycles. The predicted molar refractivity (Wildman–Crippen MR) is 137 cm³/mol. The molecule has 0 bridgehead atoms. The molecule has 0 aliphatic carbocycles. The number of methoxy groups -OCH3 is 1. The molecule has 9 nitrogen and oxygen atoms in total. The highest BCUT2D eigenvalue weighted by molar-refractivity contribution is 7.89. The average Bonchev–Trinajstić information content (AvgIpc) is 2.87. The van der Waals surface area contributed by atoms with Crippen molar-refractivity contribution in [2.45, 2.75) is 31.9 Å². The van der Waals surface area contributed by atoms with Crippen molar-refractivity contribution < 1.29 is 27.1 Å². The van der Waals surface area contributed by atoms with E-state index in [9.17, 15) is 18.0 Å². The van der Waals surface area contributed by atoms with Gasteiger partial charge in [0, 0.05) is 32.2 Å². The molecule has 0 amide bonds. The molecule has 10 heteroatoms. The SMILES string of the molecule is COC(=O)c1ccccc1S(=O)(=O)N1CCN(Cc2cc(=O)c(OCc3cc(C)cc(C)c3)co2)CC1. The van der Waals surface area contributed by atoms with Crippen LogP contribution in [0, 0.1) is 13.8 Å². The van der Waals surface area contributed by atoms with E-state index in [-0.39, 0.29) is 41.3 Å². The second-order valence-corrected chi connectivity index (χ2v) is 10.9. The second-order valence-electron chi connectivity index (χ2n) is 9.03. The number of hydrogen-bond acceptors (Lipinski definition) is 8. The van der Waals surface area contributed by atoms with Crippen LogP contribution in [-0.2, 0) is 27.9 Å². The van der Waals surface area contributed by atoms with Crippen LogP contribution in [0.4, 0.5) is 0 Å². The quantitative estimate of drug-likeness (QED) is 0.412. The van der Waals surface area contributed by atoms with Crippen molar-refractivity contribution in [2.75, 3.05) is 33.3 Å². The van der Waals surface area contributed by atoms with Gasteiger partial charge in [0.05, 0.1) is 24.1 Å². The third-order valence-corrected chi connectivity index (χ3v) is 8.11. The van der Waals surface area contributed by atoms with Crippen LogP contribution in [0.15, 0.2) is 68.9 Å². The maximum absolute atomic E-state index is 13.2. The Morgan fingerprint density at radius 3 is 2.32 bits per heavy atom. The molecule has 3 aromatic rings. The van der Waals surface area contributed by atoms with Gasteiger partial charge in [0.25, 0.3) is 0 Å². The fourth-order valence-corrected chi connectivity index (χ4v) is 6.00. The molecule has 0 radical (unpaired) electrons. The average molecular weight is 527 g/mol. The number of sulfonamides is 1. The van der Waals surface area contributed by atoms with Crippen molar-refractivity contribution >= 4 is 16.0 Å². The zero-order valence-corrected chi connectivity index (χ0v) is 21.9. The third kappa shape index (κ3) is 6.27. The molecule has 4 rings (SSSR count). The van der Waals surface area contributed by atoms with E-state index in [0.717, 1.165) is 16.7 Å². The lowest BCUT2D eigenvalue weighted by Gasteiger charge is -2.33. The minimum atomic E-state index is -3.88. The Morgan fingerprint density at radius 1 is 1.00 bits per heavy atom. The smallest absolute Gasteiger partial charge is 0.339 e. The molecule has 0 saturated carbocycles. The van der Waals surface area contributed by atoms with Gasteiger partial charge in [-0.2, -0.15) is 4.31 Å². The number of ether oxygens (including phenoxy) is 2. The summed E-state index contributed by atoms with van der Waals surface area (Å²) in [5, 5.41) is 0. The summed E-state index contributed by atoms with van der Waals surface area (Å²) in [7, 11) is -2.66. The molecule has 2 heterocycles. The van der Waals surface area contributed by atoms with Crippen molar-refractivity contribution in [2.24, 2.45) is 0 Å². The van der Waals surface area contributed by atoms with Gasteiger partial charge in [0.2, 0.25) is 21.2 Å². The molecular formula is C27H30N2O7S. The van der Waals surface area contributed by atoms with Crippen LogP contribution in [-0.4, -0.2) is 56.9 Å².